The van der Waals surface area contributed by atoms with Gasteiger partial charge in [0.05, 0.1) is 0 Å². The van der Waals surface area contributed by atoms with Crippen LogP contribution in [0.15, 0.2) is 34.3 Å². The van der Waals surface area contributed by atoms with Gasteiger partial charge >= 0.3 is 0 Å². The molecule has 70 valence electrons. The third-order valence-electron chi connectivity index (χ3n) is 2.14. The lowest BCUT2D eigenvalue weighted by Gasteiger charge is -1.90. The van der Waals surface area contributed by atoms with Gasteiger partial charge in [-0.15, -0.1) is 0 Å². The number of nitrogens with zero attached hydrogens (tertiary/aromatic N) is 2. The molecule has 0 amide bonds. The first-order valence-corrected chi connectivity index (χ1v) is 4.36. The van der Waals surface area contributed by atoms with Gasteiger partial charge in [0.2, 0.25) is 0 Å². The molecule has 1 aromatic carbocycles. The Morgan fingerprint density at radius 2 is 2.14 bits per heavy atom. The molecule has 1 N–H and O–H groups in total. The van der Waals surface area contributed by atoms with Crippen LogP contribution in [0.3, 0.4) is 0 Å². The molecule has 3 nitrogen and oxygen atoms in total. The van der Waals surface area contributed by atoms with Crippen LogP contribution in [0.5, 0.6) is 0 Å². The lowest BCUT2D eigenvalue weighted by molar-refractivity contribution is 1.38. The molecule has 0 saturated carbocycles. The van der Waals surface area contributed by atoms with Crippen LogP contribution in [0, 0.1) is 0 Å². The SMILES string of the molecule is C=Nc1[nH]c2ccccc2c1C=NC. The molecule has 0 spiro atoms. The molecule has 0 aliphatic carbocycles. The number of fused-ring (bicyclic) bond motifs is 1. The molecule has 0 fully saturated rings. The Morgan fingerprint density at radius 3 is 2.86 bits per heavy atom. The number of rotatable bonds is 2. The first-order valence-electron chi connectivity index (χ1n) is 4.36. The molecule has 1 heterocycles. The van der Waals surface area contributed by atoms with Gasteiger partial charge in [-0.3, -0.25) is 4.99 Å². The van der Waals surface area contributed by atoms with E-state index in [-0.39, 0.29) is 0 Å². The Bertz CT molecular complexity index is 494. The summed E-state index contributed by atoms with van der Waals surface area (Å²) in [6.45, 7) is 3.53. The van der Waals surface area contributed by atoms with E-state index in [1.165, 1.54) is 0 Å². The van der Waals surface area contributed by atoms with Gasteiger partial charge in [-0.25, -0.2) is 4.99 Å². The van der Waals surface area contributed by atoms with Crippen LogP contribution < -0.4 is 0 Å². The standard InChI is InChI=1S/C11H11N3/c1-12-7-9-8-5-3-4-6-10(8)14-11(9)13-2/h3-7,14H,2H2,1H3. The Hall–Kier alpha value is -1.90. The third kappa shape index (κ3) is 1.23. The van der Waals surface area contributed by atoms with Crippen molar-refractivity contribution >= 4 is 29.7 Å². The zero-order valence-corrected chi connectivity index (χ0v) is 7.99. The highest BCUT2D eigenvalue weighted by Gasteiger charge is 2.06. The number of aromatic nitrogens is 1. The minimum atomic E-state index is 0.775. The first-order chi connectivity index (χ1) is 6.86. The fourth-order valence-electron chi connectivity index (χ4n) is 1.53. The molecular formula is C11H11N3. The van der Waals surface area contributed by atoms with Crippen molar-refractivity contribution in [2.24, 2.45) is 9.98 Å². The molecule has 14 heavy (non-hydrogen) atoms. The highest BCUT2D eigenvalue weighted by molar-refractivity contribution is 6.04. The minimum absolute atomic E-state index is 0.775. The predicted molar refractivity (Wildman–Crippen MR) is 61.0 cm³/mol. The monoisotopic (exact) mass is 185 g/mol. The number of aromatic amines is 1. The van der Waals surface area contributed by atoms with E-state index >= 15 is 0 Å². The highest BCUT2D eigenvalue weighted by atomic mass is 14.9. The molecule has 0 aliphatic rings. The van der Waals surface area contributed by atoms with E-state index < -0.39 is 0 Å². The Balaban J connectivity index is 2.80. The van der Waals surface area contributed by atoms with E-state index in [4.69, 9.17) is 0 Å². The van der Waals surface area contributed by atoms with Crippen LogP contribution in [0.2, 0.25) is 0 Å². The van der Waals surface area contributed by atoms with Crippen LogP contribution in [0.1, 0.15) is 5.56 Å². The number of aliphatic imine (C=N–C) groups is 2. The van der Waals surface area contributed by atoms with Gasteiger partial charge in [0.15, 0.2) is 0 Å². The lowest BCUT2D eigenvalue weighted by atomic mass is 10.2. The second-order valence-electron chi connectivity index (χ2n) is 2.98. The van der Waals surface area contributed by atoms with E-state index in [1.807, 2.05) is 24.3 Å². The van der Waals surface area contributed by atoms with E-state index in [2.05, 4.69) is 21.7 Å². The van der Waals surface area contributed by atoms with Gasteiger partial charge in [0, 0.05) is 29.7 Å². The summed E-state index contributed by atoms with van der Waals surface area (Å²) in [6, 6.07) is 8.03. The zero-order valence-electron chi connectivity index (χ0n) is 7.99. The molecule has 3 heteroatoms. The minimum Gasteiger partial charge on any atom is -0.339 e. The fraction of sp³-hybridized carbons (Fsp3) is 0.0909. The first kappa shape index (κ1) is 8.69. The van der Waals surface area contributed by atoms with Gasteiger partial charge in [-0.05, 0) is 12.8 Å². The maximum atomic E-state index is 4.00. The largest absolute Gasteiger partial charge is 0.339 e. The van der Waals surface area contributed by atoms with Gasteiger partial charge in [0.25, 0.3) is 0 Å². The molecule has 0 unspecified atom stereocenters. The summed E-state index contributed by atoms with van der Waals surface area (Å²) >= 11 is 0. The van der Waals surface area contributed by atoms with Crippen molar-refractivity contribution in [2.45, 2.75) is 0 Å². The number of hydrogen-bond donors (Lipinski definition) is 1. The van der Waals surface area contributed by atoms with Crippen molar-refractivity contribution in [2.75, 3.05) is 7.05 Å². The molecule has 0 saturated heterocycles. The van der Waals surface area contributed by atoms with Crippen LogP contribution in [-0.2, 0) is 0 Å². The van der Waals surface area contributed by atoms with Crippen molar-refractivity contribution in [3.05, 3.63) is 29.8 Å². The average Bonchev–Trinajstić information content (AvgIpc) is 2.58. The summed E-state index contributed by atoms with van der Waals surface area (Å²) in [5, 5.41) is 1.13. The highest BCUT2D eigenvalue weighted by Crippen LogP contribution is 2.26. The molecule has 2 aromatic rings. The molecule has 2 rings (SSSR count). The van der Waals surface area contributed by atoms with Crippen molar-refractivity contribution < 1.29 is 0 Å². The Labute approximate surface area is 82.2 Å². The third-order valence-corrected chi connectivity index (χ3v) is 2.14. The van der Waals surface area contributed by atoms with E-state index in [9.17, 15) is 0 Å². The second-order valence-corrected chi connectivity index (χ2v) is 2.98. The number of hydrogen-bond acceptors (Lipinski definition) is 2. The van der Waals surface area contributed by atoms with Crippen LogP contribution in [0.4, 0.5) is 5.82 Å². The second kappa shape index (κ2) is 3.46. The maximum absolute atomic E-state index is 4.00. The summed E-state index contributed by atoms with van der Waals surface area (Å²) in [6.07, 6.45) is 1.79. The summed E-state index contributed by atoms with van der Waals surface area (Å²) in [5.74, 6) is 0.775. The number of benzene rings is 1. The normalized spacial score (nSPS) is 11.2. The zero-order chi connectivity index (χ0) is 9.97. The topological polar surface area (TPSA) is 40.5 Å². The fourth-order valence-corrected chi connectivity index (χ4v) is 1.53. The number of H-pyrrole nitrogens is 1. The molecule has 0 radical (unpaired) electrons. The molecule has 0 bridgehead atoms. The molecule has 1 aromatic heterocycles. The summed E-state index contributed by atoms with van der Waals surface area (Å²) < 4.78 is 0. The van der Waals surface area contributed by atoms with Crippen molar-refractivity contribution in [3.8, 4) is 0 Å². The van der Waals surface area contributed by atoms with E-state index in [0.29, 0.717) is 0 Å². The van der Waals surface area contributed by atoms with Gasteiger partial charge in [-0.2, -0.15) is 0 Å². The van der Waals surface area contributed by atoms with Crippen LogP contribution in [0.25, 0.3) is 10.9 Å². The van der Waals surface area contributed by atoms with Gasteiger partial charge in [0.1, 0.15) is 5.82 Å². The molecule has 0 aliphatic heterocycles. The van der Waals surface area contributed by atoms with E-state index in [0.717, 1.165) is 22.3 Å². The van der Waals surface area contributed by atoms with Crippen LogP contribution >= 0.6 is 0 Å². The number of nitrogens with one attached hydrogen (secondary N) is 1. The summed E-state index contributed by atoms with van der Waals surface area (Å²) in [5.41, 5.74) is 2.06. The summed E-state index contributed by atoms with van der Waals surface area (Å²) in [4.78, 5) is 11.1. The smallest absolute Gasteiger partial charge is 0.139 e. The average molecular weight is 185 g/mol. The van der Waals surface area contributed by atoms with Crippen molar-refractivity contribution in [1.29, 1.82) is 0 Å². The van der Waals surface area contributed by atoms with Crippen molar-refractivity contribution in [3.63, 3.8) is 0 Å². The lowest BCUT2D eigenvalue weighted by Crippen LogP contribution is -1.77. The maximum Gasteiger partial charge on any atom is 0.139 e. The predicted octanol–water partition coefficient (Wildman–Crippen LogP) is 2.55. The summed E-state index contributed by atoms with van der Waals surface area (Å²) in [7, 11) is 1.74. The Morgan fingerprint density at radius 1 is 1.36 bits per heavy atom. The van der Waals surface area contributed by atoms with Crippen LogP contribution in [-0.4, -0.2) is 25.0 Å². The van der Waals surface area contributed by atoms with Gasteiger partial charge in [-0.1, -0.05) is 18.2 Å². The number of para-hydroxylation sites is 1. The van der Waals surface area contributed by atoms with Gasteiger partial charge < -0.3 is 4.98 Å². The molecule has 0 atom stereocenters. The molecular weight excluding hydrogens is 174 g/mol. The van der Waals surface area contributed by atoms with Crippen molar-refractivity contribution in [1.82, 2.24) is 4.98 Å². The Kier molecular flexibility index (Phi) is 2.14. The quantitative estimate of drug-likeness (QED) is 0.698. The van der Waals surface area contributed by atoms with E-state index in [1.54, 1.807) is 13.3 Å².